The summed E-state index contributed by atoms with van der Waals surface area (Å²) in [7, 11) is -1.68. The Morgan fingerprint density at radius 1 is 1.53 bits per heavy atom. The fourth-order valence-corrected chi connectivity index (χ4v) is 4.17. The van der Waals surface area contributed by atoms with E-state index in [4.69, 9.17) is 5.26 Å². The molecule has 1 N–H and O–H groups in total. The van der Waals surface area contributed by atoms with Crippen LogP contribution in [0.15, 0.2) is 29.2 Å². The van der Waals surface area contributed by atoms with Crippen molar-refractivity contribution in [2.75, 3.05) is 20.1 Å². The predicted octanol–water partition coefficient (Wildman–Crippen LogP) is 0.931. The van der Waals surface area contributed by atoms with Gasteiger partial charge in [0.25, 0.3) is 0 Å². The molecule has 1 atom stereocenters. The predicted molar refractivity (Wildman–Crippen MR) is 72.0 cm³/mol. The van der Waals surface area contributed by atoms with Crippen molar-refractivity contribution in [2.24, 2.45) is 0 Å². The Labute approximate surface area is 113 Å². The second-order valence-electron chi connectivity index (χ2n) is 4.61. The van der Waals surface area contributed by atoms with Crippen molar-refractivity contribution in [1.82, 2.24) is 9.62 Å². The lowest BCUT2D eigenvalue weighted by Crippen LogP contribution is -2.40. The van der Waals surface area contributed by atoms with E-state index >= 15 is 0 Å². The highest BCUT2D eigenvalue weighted by atomic mass is 32.2. The smallest absolute Gasteiger partial charge is 0.243 e. The summed E-state index contributed by atoms with van der Waals surface area (Å²) in [5.74, 6) is 0. The zero-order valence-corrected chi connectivity index (χ0v) is 11.7. The lowest BCUT2D eigenvalue weighted by molar-refractivity contribution is 0.379. The molecule has 0 saturated carbocycles. The minimum Gasteiger partial charge on any atom is -0.318 e. The van der Waals surface area contributed by atoms with Crippen molar-refractivity contribution in [3.63, 3.8) is 0 Å². The molecule has 0 radical (unpaired) electrons. The van der Waals surface area contributed by atoms with Gasteiger partial charge in [0.1, 0.15) is 0 Å². The molecular weight excluding hydrogens is 262 g/mol. The fourth-order valence-electron chi connectivity index (χ4n) is 2.43. The van der Waals surface area contributed by atoms with E-state index in [0.29, 0.717) is 18.7 Å². The maximum Gasteiger partial charge on any atom is 0.243 e. The molecule has 2 rings (SSSR count). The van der Waals surface area contributed by atoms with E-state index in [2.05, 4.69) is 5.32 Å². The molecule has 0 unspecified atom stereocenters. The number of nitrogens with zero attached hydrogens (tertiary/aromatic N) is 2. The number of nitriles is 1. The van der Waals surface area contributed by atoms with E-state index in [1.807, 2.05) is 13.1 Å². The summed E-state index contributed by atoms with van der Waals surface area (Å²) in [6.45, 7) is 1.20. The van der Waals surface area contributed by atoms with Crippen LogP contribution in [-0.4, -0.2) is 38.9 Å². The van der Waals surface area contributed by atoms with Gasteiger partial charge in [-0.3, -0.25) is 0 Å². The maximum absolute atomic E-state index is 12.6. The standard InChI is InChI=1S/C13H17N3O2S/c1-15-10-12-5-3-7-16(12)19(17,18)13-6-2-4-11(8-13)9-14/h2,4,6,8,12,15H,3,5,7,10H2,1H3/t12-/m1/s1. The monoisotopic (exact) mass is 279 g/mol. The largest absolute Gasteiger partial charge is 0.318 e. The summed E-state index contributed by atoms with van der Waals surface area (Å²) >= 11 is 0. The average molecular weight is 279 g/mol. The van der Waals surface area contributed by atoms with Crippen LogP contribution in [0.3, 0.4) is 0 Å². The van der Waals surface area contributed by atoms with Crippen LogP contribution in [0.25, 0.3) is 0 Å². The second-order valence-corrected chi connectivity index (χ2v) is 6.50. The second kappa shape index (κ2) is 5.70. The third kappa shape index (κ3) is 2.78. The van der Waals surface area contributed by atoms with Gasteiger partial charge in [-0.25, -0.2) is 8.42 Å². The van der Waals surface area contributed by atoms with Gasteiger partial charge in [0.2, 0.25) is 10.0 Å². The number of hydrogen-bond acceptors (Lipinski definition) is 4. The number of rotatable bonds is 4. The van der Waals surface area contributed by atoms with Crippen LogP contribution in [0, 0.1) is 11.3 Å². The van der Waals surface area contributed by atoms with Crippen LogP contribution in [0.4, 0.5) is 0 Å². The topological polar surface area (TPSA) is 73.2 Å². The van der Waals surface area contributed by atoms with E-state index in [0.717, 1.165) is 12.8 Å². The quantitative estimate of drug-likeness (QED) is 0.890. The van der Waals surface area contributed by atoms with Crippen molar-refractivity contribution in [1.29, 1.82) is 5.26 Å². The molecule has 0 aliphatic carbocycles. The Balaban J connectivity index is 2.34. The Morgan fingerprint density at radius 2 is 2.32 bits per heavy atom. The van der Waals surface area contributed by atoms with Gasteiger partial charge in [-0.05, 0) is 38.1 Å². The van der Waals surface area contributed by atoms with Crippen LogP contribution in [0.1, 0.15) is 18.4 Å². The molecular formula is C13H17N3O2S. The van der Waals surface area contributed by atoms with Crippen LogP contribution >= 0.6 is 0 Å². The molecule has 0 aromatic heterocycles. The summed E-state index contributed by atoms with van der Waals surface area (Å²) in [4.78, 5) is 0.203. The van der Waals surface area contributed by atoms with E-state index in [1.54, 1.807) is 22.5 Å². The summed E-state index contributed by atoms with van der Waals surface area (Å²) < 4.78 is 26.7. The zero-order chi connectivity index (χ0) is 13.9. The average Bonchev–Trinajstić information content (AvgIpc) is 2.88. The highest BCUT2D eigenvalue weighted by molar-refractivity contribution is 7.89. The van der Waals surface area contributed by atoms with Crippen molar-refractivity contribution in [3.8, 4) is 6.07 Å². The summed E-state index contributed by atoms with van der Waals surface area (Å²) in [5.41, 5.74) is 0.366. The van der Waals surface area contributed by atoms with E-state index in [1.165, 1.54) is 6.07 Å². The SMILES string of the molecule is CNC[C@H]1CCCN1S(=O)(=O)c1cccc(C#N)c1. The Bertz CT molecular complexity index is 592. The first kappa shape index (κ1) is 14.0. The minimum absolute atomic E-state index is 0.000687. The lowest BCUT2D eigenvalue weighted by Gasteiger charge is -2.23. The van der Waals surface area contributed by atoms with Crippen molar-refractivity contribution in [2.45, 2.75) is 23.8 Å². The number of sulfonamides is 1. The fraction of sp³-hybridized carbons (Fsp3) is 0.462. The molecule has 1 aliphatic heterocycles. The molecule has 1 fully saturated rings. The molecule has 1 aliphatic rings. The van der Waals surface area contributed by atoms with Crippen LogP contribution in [-0.2, 0) is 10.0 Å². The van der Waals surface area contributed by atoms with Crippen LogP contribution < -0.4 is 5.32 Å². The maximum atomic E-state index is 12.6. The summed E-state index contributed by atoms with van der Waals surface area (Å²) in [5, 5.41) is 11.9. The van der Waals surface area contributed by atoms with Gasteiger partial charge in [-0.15, -0.1) is 0 Å². The lowest BCUT2D eigenvalue weighted by atomic mass is 10.2. The molecule has 0 bridgehead atoms. The van der Waals surface area contributed by atoms with Crippen LogP contribution in [0.5, 0.6) is 0 Å². The van der Waals surface area contributed by atoms with Gasteiger partial charge in [0.15, 0.2) is 0 Å². The number of benzene rings is 1. The molecule has 19 heavy (non-hydrogen) atoms. The molecule has 6 heteroatoms. The Morgan fingerprint density at radius 3 is 3.00 bits per heavy atom. The molecule has 0 amide bonds. The number of nitrogens with one attached hydrogen (secondary N) is 1. The van der Waals surface area contributed by atoms with E-state index < -0.39 is 10.0 Å². The van der Waals surface area contributed by atoms with Gasteiger partial charge < -0.3 is 5.32 Å². The highest BCUT2D eigenvalue weighted by Crippen LogP contribution is 2.26. The van der Waals surface area contributed by atoms with Crippen molar-refractivity contribution < 1.29 is 8.42 Å². The molecule has 102 valence electrons. The van der Waals surface area contributed by atoms with Gasteiger partial charge in [0.05, 0.1) is 16.5 Å². The van der Waals surface area contributed by atoms with Crippen molar-refractivity contribution >= 4 is 10.0 Å². The molecule has 5 nitrogen and oxygen atoms in total. The van der Waals surface area contributed by atoms with E-state index in [9.17, 15) is 8.42 Å². The molecule has 1 heterocycles. The zero-order valence-electron chi connectivity index (χ0n) is 10.8. The third-order valence-corrected chi connectivity index (χ3v) is 5.28. The van der Waals surface area contributed by atoms with Gasteiger partial charge in [-0.2, -0.15) is 9.57 Å². The van der Waals surface area contributed by atoms with Crippen molar-refractivity contribution in [3.05, 3.63) is 29.8 Å². The summed E-state index contributed by atoms with van der Waals surface area (Å²) in [6.07, 6.45) is 1.75. The molecule has 0 spiro atoms. The minimum atomic E-state index is -3.50. The van der Waals surface area contributed by atoms with Gasteiger partial charge >= 0.3 is 0 Å². The number of hydrogen-bond donors (Lipinski definition) is 1. The first-order chi connectivity index (χ1) is 9.09. The van der Waals surface area contributed by atoms with Gasteiger partial charge in [0, 0.05) is 19.1 Å². The molecule has 1 aromatic carbocycles. The first-order valence-corrected chi connectivity index (χ1v) is 7.70. The molecule has 1 aromatic rings. The third-order valence-electron chi connectivity index (χ3n) is 3.33. The van der Waals surface area contributed by atoms with Crippen LogP contribution in [0.2, 0.25) is 0 Å². The number of likely N-dealkylation sites (N-methyl/N-ethyl adjacent to an activating group) is 1. The summed E-state index contributed by atoms with van der Waals surface area (Å²) in [6, 6.07) is 8.16. The Kier molecular flexibility index (Phi) is 4.20. The normalized spacial score (nSPS) is 20.3. The highest BCUT2D eigenvalue weighted by Gasteiger charge is 2.34. The first-order valence-electron chi connectivity index (χ1n) is 6.26. The van der Waals surface area contributed by atoms with Gasteiger partial charge in [-0.1, -0.05) is 6.07 Å². The molecule has 1 saturated heterocycles. The van der Waals surface area contributed by atoms with E-state index in [-0.39, 0.29) is 10.9 Å². The Hall–Kier alpha value is -1.42.